The summed E-state index contributed by atoms with van der Waals surface area (Å²) in [6, 6.07) is 7.22. The van der Waals surface area contributed by atoms with Gasteiger partial charge < -0.3 is 29.7 Å². The molecule has 0 radical (unpaired) electrons. The zero-order chi connectivity index (χ0) is 34.0. The molecule has 256 valence electrons. The van der Waals surface area contributed by atoms with Crippen LogP contribution in [0, 0.1) is 5.82 Å². The van der Waals surface area contributed by atoms with Crippen LogP contribution in [0.1, 0.15) is 63.2 Å². The molecule has 3 aliphatic heterocycles. The minimum Gasteiger partial charge on any atom is -0.474 e. The van der Waals surface area contributed by atoms with Gasteiger partial charge in [0.1, 0.15) is 23.8 Å². The number of hydrogen-bond acceptors (Lipinski definition) is 8. The highest BCUT2D eigenvalue weighted by Gasteiger charge is 2.40. The molecule has 2 fully saturated rings. The number of morpholine rings is 1. The van der Waals surface area contributed by atoms with E-state index in [9.17, 15) is 23.9 Å². The number of rotatable bonds is 8. The SMILES string of the molecule is CC(C)NC(=O)c1nc2c(cc1Cc1ccc(F)cc1)N(C(=O)CN1C[C@@H](C)N(C(=O)O)C[C@@H]1CN1[C@H](C)COC[C@H]1C)[C@@H](C)CO2. The third kappa shape index (κ3) is 7.85. The summed E-state index contributed by atoms with van der Waals surface area (Å²) in [7, 11) is 0. The number of halogens is 1. The smallest absolute Gasteiger partial charge is 0.407 e. The molecular formula is C34H47FN6O6. The van der Waals surface area contributed by atoms with Crippen LogP contribution in [0.5, 0.6) is 5.88 Å². The number of carbonyl (C=O) groups is 3. The van der Waals surface area contributed by atoms with E-state index in [1.807, 2.05) is 27.7 Å². The second-order valence-corrected chi connectivity index (χ2v) is 13.5. The minimum absolute atomic E-state index is 0.0717. The number of fused-ring (bicyclic) bond motifs is 1. The lowest BCUT2D eigenvalue weighted by atomic mass is 10.0. The Bertz CT molecular complexity index is 1450. The molecule has 47 heavy (non-hydrogen) atoms. The Hall–Kier alpha value is -3.81. The van der Waals surface area contributed by atoms with E-state index in [1.165, 1.54) is 17.0 Å². The number of carboxylic acid groups (broad SMARTS) is 1. The summed E-state index contributed by atoms with van der Waals surface area (Å²) in [4.78, 5) is 51.9. The molecule has 2 aromatic rings. The molecule has 1 aromatic heterocycles. The van der Waals surface area contributed by atoms with Crippen LogP contribution in [0.4, 0.5) is 14.9 Å². The molecule has 5 rings (SSSR count). The van der Waals surface area contributed by atoms with Crippen molar-refractivity contribution in [2.75, 3.05) is 50.9 Å². The van der Waals surface area contributed by atoms with Crippen molar-refractivity contribution in [1.82, 2.24) is 25.0 Å². The largest absolute Gasteiger partial charge is 0.474 e. The molecule has 3 amide bonds. The molecule has 0 saturated carbocycles. The van der Waals surface area contributed by atoms with Crippen molar-refractivity contribution >= 4 is 23.6 Å². The van der Waals surface area contributed by atoms with Gasteiger partial charge in [0.2, 0.25) is 11.8 Å². The summed E-state index contributed by atoms with van der Waals surface area (Å²) in [6.07, 6.45) is -0.672. The Morgan fingerprint density at radius 2 is 1.68 bits per heavy atom. The number of piperazine rings is 1. The number of pyridine rings is 1. The fraction of sp³-hybridized carbons (Fsp3) is 0.588. The predicted octanol–water partition coefficient (Wildman–Crippen LogP) is 3.23. The molecule has 4 heterocycles. The zero-order valence-electron chi connectivity index (χ0n) is 28.1. The average molecular weight is 655 g/mol. The van der Waals surface area contributed by atoms with Gasteiger partial charge in [-0.3, -0.25) is 19.4 Å². The Morgan fingerprint density at radius 3 is 2.32 bits per heavy atom. The van der Waals surface area contributed by atoms with Crippen molar-refractivity contribution in [3.63, 3.8) is 0 Å². The van der Waals surface area contributed by atoms with Gasteiger partial charge in [-0.2, -0.15) is 0 Å². The first-order valence-corrected chi connectivity index (χ1v) is 16.4. The van der Waals surface area contributed by atoms with Gasteiger partial charge in [-0.25, -0.2) is 14.2 Å². The highest BCUT2D eigenvalue weighted by atomic mass is 19.1. The van der Waals surface area contributed by atoms with Gasteiger partial charge in [-0.1, -0.05) is 12.1 Å². The topological polar surface area (TPSA) is 128 Å². The molecule has 2 saturated heterocycles. The number of benzene rings is 1. The van der Waals surface area contributed by atoms with Gasteiger partial charge in [-0.15, -0.1) is 0 Å². The molecule has 3 aliphatic rings. The zero-order valence-corrected chi connectivity index (χ0v) is 28.1. The van der Waals surface area contributed by atoms with Crippen molar-refractivity contribution in [3.05, 3.63) is 53.0 Å². The average Bonchev–Trinajstić information content (AvgIpc) is 3.00. The van der Waals surface area contributed by atoms with Gasteiger partial charge in [0.05, 0.1) is 25.8 Å². The maximum absolute atomic E-state index is 14.3. The first-order valence-electron chi connectivity index (χ1n) is 16.4. The summed E-state index contributed by atoms with van der Waals surface area (Å²) < 4.78 is 25.4. The number of carbonyl (C=O) groups excluding carboxylic acids is 2. The van der Waals surface area contributed by atoms with Crippen LogP contribution >= 0.6 is 0 Å². The predicted molar refractivity (Wildman–Crippen MR) is 174 cm³/mol. The maximum Gasteiger partial charge on any atom is 0.407 e. The normalized spacial score (nSPS) is 25.3. The number of nitrogens with zero attached hydrogens (tertiary/aromatic N) is 5. The molecule has 0 unspecified atom stereocenters. The molecular weight excluding hydrogens is 607 g/mol. The molecule has 5 atom stereocenters. The van der Waals surface area contributed by atoms with Gasteiger partial charge in [-0.05, 0) is 77.3 Å². The van der Waals surface area contributed by atoms with E-state index in [2.05, 4.69) is 33.9 Å². The van der Waals surface area contributed by atoms with Crippen LogP contribution in [0.2, 0.25) is 0 Å². The number of aromatic nitrogens is 1. The highest BCUT2D eigenvalue weighted by molar-refractivity contribution is 5.99. The number of anilines is 1. The van der Waals surface area contributed by atoms with E-state index in [0.29, 0.717) is 44.0 Å². The summed E-state index contributed by atoms with van der Waals surface area (Å²) in [5, 5.41) is 12.8. The third-order valence-electron chi connectivity index (χ3n) is 9.23. The van der Waals surface area contributed by atoms with Crippen molar-refractivity contribution in [2.45, 2.75) is 84.2 Å². The monoisotopic (exact) mass is 654 g/mol. The number of amides is 3. The molecule has 13 heteroatoms. The maximum atomic E-state index is 14.3. The van der Waals surface area contributed by atoms with E-state index >= 15 is 0 Å². The van der Waals surface area contributed by atoms with Crippen molar-refractivity contribution in [1.29, 1.82) is 0 Å². The molecule has 2 N–H and O–H groups in total. The summed E-state index contributed by atoms with van der Waals surface area (Å²) in [5.41, 5.74) is 2.03. The van der Waals surface area contributed by atoms with E-state index in [4.69, 9.17) is 9.47 Å². The van der Waals surface area contributed by atoms with Crippen LogP contribution in [-0.2, 0) is 16.0 Å². The summed E-state index contributed by atoms with van der Waals surface area (Å²) in [5.74, 6) is -0.687. The van der Waals surface area contributed by atoms with Crippen LogP contribution in [0.3, 0.4) is 0 Å². The van der Waals surface area contributed by atoms with Gasteiger partial charge in [0.15, 0.2) is 0 Å². The van der Waals surface area contributed by atoms with E-state index < -0.39 is 6.09 Å². The fourth-order valence-electron chi connectivity index (χ4n) is 6.81. The minimum atomic E-state index is -0.968. The Morgan fingerprint density at radius 1 is 1.00 bits per heavy atom. The lowest BCUT2D eigenvalue weighted by molar-refractivity contribution is -0.122. The first kappa shape index (κ1) is 34.5. The third-order valence-corrected chi connectivity index (χ3v) is 9.23. The van der Waals surface area contributed by atoms with E-state index in [-0.39, 0.29) is 85.2 Å². The Labute approximate surface area is 275 Å². The van der Waals surface area contributed by atoms with Crippen LogP contribution in [0.25, 0.3) is 0 Å². The number of hydrogen-bond donors (Lipinski definition) is 2. The summed E-state index contributed by atoms with van der Waals surface area (Å²) in [6.45, 7) is 14.4. The number of ether oxygens (including phenoxy) is 2. The van der Waals surface area contributed by atoms with Crippen LogP contribution in [-0.4, -0.2) is 125 Å². The van der Waals surface area contributed by atoms with Gasteiger partial charge in [0.25, 0.3) is 5.91 Å². The lowest BCUT2D eigenvalue weighted by Crippen LogP contribution is -2.65. The van der Waals surface area contributed by atoms with E-state index in [0.717, 1.165) is 5.56 Å². The molecule has 12 nitrogen and oxygen atoms in total. The van der Waals surface area contributed by atoms with Crippen molar-refractivity contribution in [3.8, 4) is 5.88 Å². The Kier molecular flexibility index (Phi) is 10.7. The molecule has 1 aromatic carbocycles. The standard InChI is InChI=1S/C34H47FN6O6/c1-20(2)36-32(43)31-26(11-25-7-9-27(35)10-8-25)12-29-33(37-31)47-19-24(6)41(29)30(42)16-38-13-21(3)40(34(44)45)15-28(38)14-39-22(4)17-46-18-23(39)5/h7-10,12,20-24,28H,11,13-19H2,1-6H3,(H,36,43)(H,44,45)/t21-,22-,23-,24+,28+/m1/s1. The molecule has 0 spiro atoms. The summed E-state index contributed by atoms with van der Waals surface area (Å²) >= 11 is 0. The quantitative estimate of drug-likeness (QED) is 0.441. The fourth-order valence-corrected chi connectivity index (χ4v) is 6.81. The second kappa shape index (κ2) is 14.5. The molecule has 0 aliphatic carbocycles. The number of nitrogens with one attached hydrogen (secondary N) is 1. The van der Waals surface area contributed by atoms with Crippen LogP contribution in [0.15, 0.2) is 30.3 Å². The lowest BCUT2D eigenvalue weighted by Gasteiger charge is -2.48. The van der Waals surface area contributed by atoms with Gasteiger partial charge >= 0.3 is 6.09 Å². The Balaban J connectivity index is 1.45. The highest BCUT2D eigenvalue weighted by Crippen LogP contribution is 2.35. The van der Waals surface area contributed by atoms with Gasteiger partial charge in [0, 0.05) is 49.8 Å². The first-order chi connectivity index (χ1) is 22.3. The van der Waals surface area contributed by atoms with Crippen LogP contribution < -0.4 is 15.0 Å². The molecule has 0 bridgehead atoms. The van der Waals surface area contributed by atoms with Crippen molar-refractivity contribution in [2.24, 2.45) is 0 Å². The van der Waals surface area contributed by atoms with E-state index in [1.54, 1.807) is 23.1 Å². The van der Waals surface area contributed by atoms with Crippen molar-refractivity contribution < 1.29 is 33.4 Å². The second-order valence-electron chi connectivity index (χ2n) is 13.5.